The molecule has 0 fully saturated rings. The van der Waals surface area contributed by atoms with Crippen LogP contribution in [0.5, 0.6) is 0 Å². The zero-order valence-corrected chi connectivity index (χ0v) is 11.4. The Morgan fingerprint density at radius 3 is 2.83 bits per heavy atom. The number of nitrogens with one attached hydrogen (secondary N) is 1. The minimum Gasteiger partial charge on any atom is -0.370 e. The molecular formula is C14H18N2OS. The van der Waals surface area contributed by atoms with Crippen molar-refractivity contribution in [3.05, 3.63) is 52.0 Å². The molecule has 1 aromatic heterocycles. The van der Waals surface area contributed by atoms with Gasteiger partial charge in [0, 0.05) is 11.9 Å². The first-order valence-corrected chi connectivity index (χ1v) is 7.02. The summed E-state index contributed by atoms with van der Waals surface area (Å²) < 4.78 is 5.65. The van der Waals surface area contributed by atoms with Gasteiger partial charge in [0.1, 0.15) is 5.01 Å². The van der Waals surface area contributed by atoms with Gasteiger partial charge in [-0.3, -0.25) is 0 Å². The summed E-state index contributed by atoms with van der Waals surface area (Å²) in [6.07, 6.45) is 0. The summed E-state index contributed by atoms with van der Waals surface area (Å²) >= 11 is 1.68. The van der Waals surface area contributed by atoms with Crippen LogP contribution < -0.4 is 5.32 Å². The summed E-state index contributed by atoms with van der Waals surface area (Å²) in [6, 6.07) is 10.2. The van der Waals surface area contributed by atoms with Gasteiger partial charge >= 0.3 is 0 Å². The first kappa shape index (κ1) is 13.2. The second-order valence-corrected chi connectivity index (χ2v) is 4.93. The quantitative estimate of drug-likeness (QED) is 0.833. The van der Waals surface area contributed by atoms with Crippen molar-refractivity contribution < 1.29 is 4.74 Å². The molecule has 2 aromatic rings. The van der Waals surface area contributed by atoms with E-state index in [4.69, 9.17) is 4.74 Å². The van der Waals surface area contributed by atoms with Gasteiger partial charge in [0.05, 0.1) is 18.9 Å². The fourth-order valence-electron chi connectivity index (χ4n) is 1.58. The molecule has 0 aliphatic carbocycles. The SMILES string of the molecule is CCNCc1nc(COCc2ccccc2)cs1. The normalized spacial score (nSPS) is 10.7. The highest BCUT2D eigenvalue weighted by Gasteiger charge is 2.01. The molecule has 3 nitrogen and oxygen atoms in total. The van der Waals surface area contributed by atoms with E-state index < -0.39 is 0 Å². The van der Waals surface area contributed by atoms with E-state index in [1.807, 2.05) is 18.2 Å². The van der Waals surface area contributed by atoms with Crippen molar-refractivity contribution in [1.29, 1.82) is 0 Å². The minimum absolute atomic E-state index is 0.581. The number of hydrogen-bond acceptors (Lipinski definition) is 4. The van der Waals surface area contributed by atoms with Crippen LogP contribution in [0.4, 0.5) is 0 Å². The highest BCUT2D eigenvalue weighted by molar-refractivity contribution is 7.09. The zero-order chi connectivity index (χ0) is 12.6. The third-order valence-electron chi connectivity index (χ3n) is 2.49. The largest absolute Gasteiger partial charge is 0.370 e. The van der Waals surface area contributed by atoms with Gasteiger partial charge in [-0.25, -0.2) is 4.98 Å². The molecule has 1 heterocycles. The van der Waals surface area contributed by atoms with Crippen molar-refractivity contribution in [3.8, 4) is 0 Å². The number of nitrogens with zero attached hydrogens (tertiary/aromatic N) is 1. The number of benzene rings is 1. The molecule has 0 aliphatic heterocycles. The lowest BCUT2D eigenvalue weighted by molar-refractivity contribution is 0.105. The van der Waals surface area contributed by atoms with Crippen molar-refractivity contribution in [3.63, 3.8) is 0 Å². The predicted molar refractivity (Wildman–Crippen MR) is 74.4 cm³/mol. The first-order chi connectivity index (χ1) is 8.88. The van der Waals surface area contributed by atoms with Crippen molar-refractivity contribution in [2.75, 3.05) is 6.54 Å². The second kappa shape index (κ2) is 7.26. The van der Waals surface area contributed by atoms with Crippen LogP contribution in [-0.4, -0.2) is 11.5 Å². The van der Waals surface area contributed by atoms with Gasteiger partial charge in [0.25, 0.3) is 0 Å². The van der Waals surface area contributed by atoms with E-state index in [0.717, 1.165) is 23.8 Å². The van der Waals surface area contributed by atoms with Gasteiger partial charge in [-0.15, -0.1) is 11.3 Å². The lowest BCUT2D eigenvalue weighted by Gasteiger charge is -2.02. The average molecular weight is 262 g/mol. The van der Waals surface area contributed by atoms with Gasteiger partial charge in [0.2, 0.25) is 0 Å². The molecule has 0 unspecified atom stereocenters. The van der Waals surface area contributed by atoms with Gasteiger partial charge in [-0.2, -0.15) is 0 Å². The van der Waals surface area contributed by atoms with Crippen LogP contribution in [0.2, 0.25) is 0 Å². The summed E-state index contributed by atoms with van der Waals surface area (Å²) in [4.78, 5) is 4.51. The van der Waals surface area contributed by atoms with Crippen LogP contribution in [0, 0.1) is 0 Å². The van der Waals surface area contributed by atoms with E-state index >= 15 is 0 Å². The van der Waals surface area contributed by atoms with E-state index in [9.17, 15) is 0 Å². The molecule has 96 valence electrons. The lowest BCUT2D eigenvalue weighted by Crippen LogP contribution is -2.11. The molecule has 1 aromatic carbocycles. The van der Waals surface area contributed by atoms with Crippen molar-refractivity contribution >= 4 is 11.3 Å². The van der Waals surface area contributed by atoms with Gasteiger partial charge in [-0.1, -0.05) is 37.3 Å². The van der Waals surface area contributed by atoms with Crippen LogP contribution in [0.25, 0.3) is 0 Å². The van der Waals surface area contributed by atoms with Crippen LogP contribution in [0.3, 0.4) is 0 Å². The Kier molecular flexibility index (Phi) is 5.33. The smallest absolute Gasteiger partial charge is 0.107 e. The maximum Gasteiger partial charge on any atom is 0.107 e. The van der Waals surface area contributed by atoms with Gasteiger partial charge in [0.15, 0.2) is 0 Å². The van der Waals surface area contributed by atoms with Gasteiger partial charge < -0.3 is 10.1 Å². The summed E-state index contributed by atoms with van der Waals surface area (Å²) in [5.41, 5.74) is 2.21. The van der Waals surface area contributed by atoms with E-state index in [1.54, 1.807) is 11.3 Å². The van der Waals surface area contributed by atoms with Gasteiger partial charge in [-0.05, 0) is 12.1 Å². The first-order valence-electron chi connectivity index (χ1n) is 6.14. The second-order valence-electron chi connectivity index (χ2n) is 3.99. The Balaban J connectivity index is 1.75. The van der Waals surface area contributed by atoms with E-state index in [2.05, 4.69) is 34.7 Å². The van der Waals surface area contributed by atoms with Crippen LogP contribution in [0.15, 0.2) is 35.7 Å². The molecule has 0 aliphatic rings. The monoisotopic (exact) mass is 262 g/mol. The Bertz CT molecular complexity index is 456. The maximum absolute atomic E-state index is 5.65. The molecule has 2 rings (SSSR count). The van der Waals surface area contributed by atoms with E-state index in [-0.39, 0.29) is 0 Å². The van der Waals surface area contributed by atoms with E-state index in [1.165, 1.54) is 5.56 Å². The fraction of sp³-hybridized carbons (Fsp3) is 0.357. The number of hydrogen-bond donors (Lipinski definition) is 1. The molecule has 0 atom stereocenters. The Morgan fingerprint density at radius 1 is 1.22 bits per heavy atom. The molecule has 0 bridgehead atoms. The molecule has 0 amide bonds. The summed E-state index contributed by atoms with van der Waals surface area (Å²) in [7, 11) is 0. The number of rotatable bonds is 7. The zero-order valence-electron chi connectivity index (χ0n) is 10.6. The topological polar surface area (TPSA) is 34.2 Å². The number of thiazole rings is 1. The fourth-order valence-corrected chi connectivity index (χ4v) is 2.32. The van der Waals surface area contributed by atoms with Crippen molar-refractivity contribution in [1.82, 2.24) is 10.3 Å². The van der Waals surface area contributed by atoms with Crippen LogP contribution >= 0.6 is 11.3 Å². The molecule has 4 heteroatoms. The highest BCUT2D eigenvalue weighted by Crippen LogP contribution is 2.11. The highest BCUT2D eigenvalue weighted by atomic mass is 32.1. The van der Waals surface area contributed by atoms with Crippen LogP contribution in [-0.2, 0) is 24.5 Å². The molecule has 0 saturated carbocycles. The lowest BCUT2D eigenvalue weighted by atomic mass is 10.2. The predicted octanol–water partition coefficient (Wildman–Crippen LogP) is 2.97. The minimum atomic E-state index is 0.581. The molecular weight excluding hydrogens is 244 g/mol. The molecule has 18 heavy (non-hydrogen) atoms. The Morgan fingerprint density at radius 2 is 2.06 bits per heavy atom. The van der Waals surface area contributed by atoms with Crippen molar-refractivity contribution in [2.24, 2.45) is 0 Å². The Hall–Kier alpha value is -1.23. The summed E-state index contributed by atoms with van der Waals surface area (Å²) in [6.45, 7) is 5.13. The molecule has 0 spiro atoms. The molecule has 0 radical (unpaired) electrons. The Labute approximate surface area is 112 Å². The van der Waals surface area contributed by atoms with Crippen molar-refractivity contribution in [2.45, 2.75) is 26.7 Å². The number of ether oxygens (including phenoxy) is 1. The summed E-state index contributed by atoms with van der Waals surface area (Å²) in [5.74, 6) is 0. The summed E-state index contributed by atoms with van der Waals surface area (Å²) in [5, 5.41) is 6.45. The third kappa shape index (κ3) is 4.22. The van der Waals surface area contributed by atoms with E-state index in [0.29, 0.717) is 13.2 Å². The number of aromatic nitrogens is 1. The standard InChI is InChI=1S/C14H18N2OS/c1-2-15-8-14-16-13(11-18-14)10-17-9-12-6-4-3-5-7-12/h3-7,11,15H,2,8-10H2,1H3. The molecule has 0 saturated heterocycles. The van der Waals surface area contributed by atoms with Crippen LogP contribution in [0.1, 0.15) is 23.2 Å². The maximum atomic E-state index is 5.65. The average Bonchev–Trinajstić information content (AvgIpc) is 2.85. The third-order valence-corrected chi connectivity index (χ3v) is 3.38. The molecule has 1 N–H and O–H groups in total.